The normalized spacial score (nSPS) is 16.8. The van der Waals surface area contributed by atoms with E-state index >= 15 is 0 Å². The molecule has 1 aliphatic rings. The minimum absolute atomic E-state index is 0.0108. The molecule has 1 aliphatic heterocycles. The predicted molar refractivity (Wildman–Crippen MR) is 67.5 cm³/mol. The fraction of sp³-hybridized carbons (Fsp3) is 0.500. The molecule has 0 aromatic heterocycles. The molecule has 0 amide bonds. The summed E-state index contributed by atoms with van der Waals surface area (Å²) in [5.41, 5.74) is 0.228. The number of fused-ring (bicyclic) bond motifs is 1. The van der Waals surface area contributed by atoms with Crippen LogP contribution in [0.2, 0.25) is 0 Å². The highest BCUT2D eigenvalue weighted by Gasteiger charge is 2.60. The van der Waals surface area contributed by atoms with Crippen LogP contribution in [-0.2, 0) is 6.42 Å². The Hall–Kier alpha value is -0.630. The Balaban J connectivity index is 2.50. The fourth-order valence-electron chi connectivity index (χ4n) is 2.20. The maximum Gasteiger partial charge on any atom is 0.402 e. The largest absolute Gasteiger partial charge is 0.493 e. The lowest BCUT2D eigenvalue weighted by atomic mass is 9.95. The Morgan fingerprint density at radius 2 is 1.67 bits per heavy atom. The molecule has 0 spiro atoms. The Kier molecular flexibility index (Phi) is 4.41. The lowest BCUT2D eigenvalue weighted by Gasteiger charge is -2.28. The van der Waals surface area contributed by atoms with Crippen LogP contribution in [0.3, 0.4) is 0 Å². The number of hydrogen-bond donors (Lipinski definition) is 0. The van der Waals surface area contributed by atoms with E-state index in [-0.39, 0.29) is 17.9 Å². The zero-order valence-corrected chi connectivity index (χ0v) is 12.5. The summed E-state index contributed by atoms with van der Waals surface area (Å²) in [4.78, 5) is 0. The van der Waals surface area contributed by atoms with Crippen LogP contribution in [0.4, 0.5) is 26.3 Å². The van der Waals surface area contributed by atoms with E-state index in [4.69, 9.17) is 16.3 Å². The zero-order valence-electron chi connectivity index (χ0n) is 10.2. The Bertz CT molecular complexity index is 528. The van der Waals surface area contributed by atoms with Crippen LogP contribution in [0, 0.1) is 5.92 Å². The van der Waals surface area contributed by atoms with E-state index in [1.54, 1.807) is 6.07 Å². The smallest absolute Gasteiger partial charge is 0.402 e. The molecule has 0 saturated heterocycles. The number of rotatable bonds is 2. The van der Waals surface area contributed by atoms with Gasteiger partial charge in [0, 0.05) is 16.5 Å². The molecule has 118 valence electrons. The third kappa shape index (κ3) is 3.41. The first-order chi connectivity index (χ1) is 9.51. The fourth-order valence-corrected chi connectivity index (χ4v) is 3.17. The monoisotopic (exact) mass is 396 g/mol. The summed E-state index contributed by atoms with van der Waals surface area (Å²) in [6.45, 7) is 0.200. The van der Waals surface area contributed by atoms with Crippen LogP contribution in [0.5, 0.6) is 5.75 Å². The third-order valence-electron chi connectivity index (χ3n) is 3.07. The van der Waals surface area contributed by atoms with Crippen LogP contribution < -0.4 is 4.74 Å². The van der Waals surface area contributed by atoms with Gasteiger partial charge in [-0.05, 0) is 17.7 Å². The van der Waals surface area contributed by atoms with Gasteiger partial charge in [0.15, 0.2) is 5.92 Å². The van der Waals surface area contributed by atoms with Crippen LogP contribution >= 0.6 is 27.5 Å². The van der Waals surface area contributed by atoms with Gasteiger partial charge in [-0.2, -0.15) is 26.3 Å². The maximum atomic E-state index is 12.7. The number of hydrogen-bond acceptors (Lipinski definition) is 1. The first-order valence-electron chi connectivity index (χ1n) is 5.74. The van der Waals surface area contributed by atoms with Crippen molar-refractivity contribution in [1.29, 1.82) is 0 Å². The summed E-state index contributed by atoms with van der Waals surface area (Å²) in [5, 5.41) is -2.31. The SMILES string of the molecule is FC(F)(F)C(C(Cl)c1cc(Br)cc2c1OCC2)C(F)(F)F. The average molecular weight is 398 g/mol. The van der Waals surface area contributed by atoms with Crippen LogP contribution in [0.25, 0.3) is 0 Å². The Labute approximate surface area is 129 Å². The number of benzene rings is 1. The predicted octanol–water partition coefficient (Wildman–Crippen LogP) is 5.40. The molecule has 0 N–H and O–H groups in total. The Morgan fingerprint density at radius 3 is 2.19 bits per heavy atom. The minimum Gasteiger partial charge on any atom is -0.493 e. The van der Waals surface area contributed by atoms with E-state index in [9.17, 15) is 26.3 Å². The van der Waals surface area contributed by atoms with Gasteiger partial charge in [-0.1, -0.05) is 15.9 Å². The molecule has 1 heterocycles. The highest BCUT2D eigenvalue weighted by atomic mass is 79.9. The molecule has 2 rings (SSSR count). The molecule has 0 bridgehead atoms. The molecule has 1 nitrogen and oxygen atoms in total. The van der Waals surface area contributed by atoms with E-state index in [0.717, 1.165) is 6.07 Å². The topological polar surface area (TPSA) is 9.23 Å². The van der Waals surface area contributed by atoms with Gasteiger partial charge in [0.05, 0.1) is 12.0 Å². The van der Waals surface area contributed by atoms with E-state index in [0.29, 0.717) is 16.5 Å². The van der Waals surface area contributed by atoms with Crippen molar-refractivity contribution in [2.24, 2.45) is 5.92 Å². The molecule has 0 fully saturated rings. The van der Waals surface area contributed by atoms with Crippen LogP contribution in [0.15, 0.2) is 16.6 Å². The van der Waals surface area contributed by atoms with Crippen LogP contribution in [0.1, 0.15) is 16.5 Å². The van der Waals surface area contributed by atoms with Gasteiger partial charge in [0.25, 0.3) is 0 Å². The Morgan fingerprint density at radius 1 is 1.10 bits per heavy atom. The van der Waals surface area contributed by atoms with Crippen molar-refractivity contribution in [2.45, 2.75) is 24.2 Å². The van der Waals surface area contributed by atoms with Gasteiger partial charge < -0.3 is 4.74 Å². The first kappa shape index (κ1) is 16.7. The summed E-state index contributed by atoms with van der Waals surface area (Å²) in [7, 11) is 0. The van der Waals surface area contributed by atoms with Crippen molar-refractivity contribution >= 4 is 27.5 Å². The van der Waals surface area contributed by atoms with Gasteiger partial charge in [0.1, 0.15) is 5.75 Å². The first-order valence-corrected chi connectivity index (χ1v) is 6.97. The average Bonchev–Trinajstić information content (AvgIpc) is 2.71. The second kappa shape index (κ2) is 5.53. The van der Waals surface area contributed by atoms with Gasteiger partial charge in [-0.15, -0.1) is 11.6 Å². The number of halogens is 8. The highest BCUT2D eigenvalue weighted by Crippen LogP contribution is 2.52. The second-order valence-corrected chi connectivity index (χ2v) is 5.93. The summed E-state index contributed by atoms with van der Waals surface area (Å²) >= 11 is 8.61. The van der Waals surface area contributed by atoms with E-state index < -0.39 is 23.6 Å². The maximum absolute atomic E-state index is 12.7. The van der Waals surface area contributed by atoms with Crippen molar-refractivity contribution in [3.63, 3.8) is 0 Å². The molecular formula is C12H8BrClF6O. The third-order valence-corrected chi connectivity index (χ3v) is 4.02. The van der Waals surface area contributed by atoms with Gasteiger partial charge in [-0.3, -0.25) is 0 Å². The van der Waals surface area contributed by atoms with Gasteiger partial charge in [-0.25, -0.2) is 0 Å². The number of ether oxygens (including phenoxy) is 1. The lowest BCUT2D eigenvalue weighted by molar-refractivity contribution is -0.284. The summed E-state index contributed by atoms with van der Waals surface area (Å²) in [6, 6.07) is 2.72. The zero-order chi connectivity index (χ0) is 16.0. The summed E-state index contributed by atoms with van der Waals surface area (Å²) in [6.07, 6.45) is -10.6. The molecule has 21 heavy (non-hydrogen) atoms. The molecule has 0 radical (unpaired) electrons. The quantitative estimate of drug-likeness (QED) is 0.479. The molecule has 1 atom stereocenters. The number of alkyl halides is 7. The van der Waals surface area contributed by atoms with E-state index in [2.05, 4.69) is 15.9 Å². The van der Waals surface area contributed by atoms with Crippen molar-refractivity contribution in [1.82, 2.24) is 0 Å². The standard InChI is InChI=1S/C12H8BrClF6O/c13-6-3-5-1-2-21-9(5)7(4-6)8(14)10(11(15,16)17)12(18,19)20/h3-4,8,10H,1-2H2. The van der Waals surface area contributed by atoms with E-state index in [1.165, 1.54) is 0 Å². The molecule has 1 aromatic carbocycles. The van der Waals surface area contributed by atoms with Crippen LogP contribution in [-0.4, -0.2) is 19.0 Å². The van der Waals surface area contributed by atoms with Crippen molar-refractivity contribution < 1.29 is 31.1 Å². The summed E-state index contributed by atoms with van der Waals surface area (Å²) < 4.78 is 82.0. The molecule has 1 aromatic rings. The summed E-state index contributed by atoms with van der Waals surface area (Å²) in [5.74, 6) is -3.65. The van der Waals surface area contributed by atoms with Crippen molar-refractivity contribution in [2.75, 3.05) is 6.61 Å². The van der Waals surface area contributed by atoms with Gasteiger partial charge in [0.2, 0.25) is 0 Å². The highest BCUT2D eigenvalue weighted by molar-refractivity contribution is 9.10. The molecular weight excluding hydrogens is 389 g/mol. The second-order valence-electron chi connectivity index (χ2n) is 4.54. The minimum atomic E-state index is -5.50. The molecule has 9 heteroatoms. The lowest BCUT2D eigenvalue weighted by Crippen LogP contribution is -2.39. The van der Waals surface area contributed by atoms with Crippen molar-refractivity contribution in [3.05, 3.63) is 27.7 Å². The van der Waals surface area contributed by atoms with E-state index in [1.807, 2.05) is 0 Å². The molecule has 0 aliphatic carbocycles. The van der Waals surface area contributed by atoms with Gasteiger partial charge >= 0.3 is 12.4 Å². The molecule has 1 unspecified atom stereocenters. The van der Waals surface area contributed by atoms with Crippen molar-refractivity contribution in [3.8, 4) is 5.75 Å². The molecule has 0 saturated carbocycles.